The maximum absolute atomic E-state index is 12.4. The number of hydrogen-bond donors (Lipinski definition) is 0. The predicted molar refractivity (Wildman–Crippen MR) is 85.5 cm³/mol. The summed E-state index contributed by atoms with van der Waals surface area (Å²) in [7, 11) is 3.03. The zero-order valence-corrected chi connectivity index (χ0v) is 14.1. The Morgan fingerprint density at radius 2 is 1.77 bits per heavy atom. The molecule has 1 amide bonds. The fraction of sp³-hybridized carbons (Fsp3) is 0.882. The lowest BCUT2D eigenvalue weighted by molar-refractivity contribution is -0.141. The van der Waals surface area contributed by atoms with Crippen LogP contribution in [0.5, 0.6) is 0 Å². The fourth-order valence-corrected chi connectivity index (χ4v) is 3.05. The second-order valence-electron chi connectivity index (χ2n) is 6.10. The molecular weight excluding hydrogens is 282 g/mol. The van der Waals surface area contributed by atoms with Crippen molar-refractivity contribution in [3.63, 3.8) is 0 Å². The molecule has 1 rings (SSSR count). The van der Waals surface area contributed by atoms with Crippen molar-refractivity contribution in [2.45, 2.75) is 57.8 Å². The fourth-order valence-electron chi connectivity index (χ4n) is 3.05. The monoisotopic (exact) mass is 313 g/mol. The Hall–Kier alpha value is -1.10. The van der Waals surface area contributed by atoms with Gasteiger partial charge in [-0.2, -0.15) is 0 Å². The number of rotatable bonds is 10. The van der Waals surface area contributed by atoms with Crippen molar-refractivity contribution < 1.29 is 19.1 Å². The van der Waals surface area contributed by atoms with Crippen molar-refractivity contribution in [1.82, 2.24) is 4.90 Å². The van der Waals surface area contributed by atoms with E-state index in [1.807, 2.05) is 0 Å². The highest BCUT2D eigenvalue weighted by molar-refractivity contribution is 5.77. The molecule has 1 aliphatic carbocycles. The Balaban J connectivity index is 2.37. The molecule has 0 bridgehead atoms. The number of esters is 1. The van der Waals surface area contributed by atoms with Gasteiger partial charge in [-0.3, -0.25) is 9.59 Å². The van der Waals surface area contributed by atoms with Gasteiger partial charge in [0.05, 0.1) is 13.5 Å². The lowest BCUT2D eigenvalue weighted by Gasteiger charge is -2.25. The van der Waals surface area contributed by atoms with Gasteiger partial charge in [0.15, 0.2) is 0 Å². The van der Waals surface area contributed by atoms with Crippen molar-refractivity contribution >= 4 is 11.9 Å². The molecule has 0 heterocycles. The minimum absolute atomic E-state index is 0.158. The Bertz CT molecular complexity index is 327. The SMILES string of the molecule is COCCCN(CCC(=O)OC)C(=O)CCC1CCCCC1. The topological polar surface area (TPSA) is 55.8 Å². The van der Waals surface area contributed by atoms with Crippen molar-refractivity contribution in [2.24, 2.45) is 5.92 Å². The molecule has 0 N–H and O–H groups in total. The Morgan fingerprint density at radius 1 is 1.05 bits per heavy atom. The molecule has 128 valence electrons. The maximum atomic E-state index is 12.4. The number of hydrogen-bond acceptors (Lipinski definition) is 4. The Labute approximate surface area is 134 Å². The van der Waals surface area contributed by atoms with Crippen LogP contribution in [0.2, 0.25) is 0 Å². The van der Waals surface area contributed by atoms with E-state index < -0.39 is 0 Å². The third kappa shape index (κ3) is 7.78. The smallest absolute Gasteiger partial charge is 0.307 e. The van der Waals surface area contributed by atoms with E-state index in [1.54, 1.807) is 12.0 Å². The molecular formula is C17H31NO4. The van der Waals surface area contributed by atoms with Crippen LogP contribution < -0.4 is 0 Å². The number of carbonyl (C=O) groups is 2. The average molecular weight is 313 g/mol. The van der Waals surface area contributed by atoms with Crippen molar-refractivity contribution in [3.8, 4) is 0 Å². The van der Waals surface area contributed by atoms with Crippen LogP contribution in [-0.4, -0.2) is 50.7 Å². The number of carbonyl (C=O) groups excluding carboxylic acids is 2. The molecule has 0 saturated heterocycles. The van der Waals surface area contributed by atoms with Gasteiger partial charge in [0.25, 0.3) is 0 Å². The number of methoxy groups -OCH3 is 2. The summed E-state index contributed by atoms with van der Waals surface area (Å²) < 4.78 is 9.70. The summed E-state index contributed by atoms with van der Waals surface area (Å²) in [6, 6.07) is 0. The molecule has 5 nitrogen and oxygen atoms in total. The molecule has 0 radical (unpaired) electrons. The molecule has 22 heavy (non-hydrogen) atoms. The first kappa shape index (κ1) is 18.9. The molecule has 1 aliphatic rings. The van der Waals surface area contributed by atoms with E-state index in [4.69, 9.17) is 4.74 Å². The van der Waals surface area contributed by atoms with E-state index in [-0.39, 0.29) is 18.3 Å². The highest BCUT2D eigenvalue weighted by atomic mass is 16.5. The van der Waals surface area contributed by atoms with Crippen LogP contribution in [0.4, 0.5) is 0 Å². The van der Waals surface area contributed by atoms with E-state index in [1.165, 1.54) is 39.2 Å². The van der Waals surface area contributed by atoms with Gasteiger partial charge in [0, 0.05) is 33.2 Å². The van der Waals surface area contributed by atoms with Gasteiger partial charge in [0.2, 0.25) is 5.91 Å². The second-order valence-corrected chi connectivity index (χ2v) is 6.10. The van der Waals surface area contributed by atoms with Gasteiger partial charge in [-0.25, -0.2) is 0 Å². The zero-order valence-electron chi connectivity index (χ0n) is 14.1. The summed E-state index contributed by atoms with van der Waals surface area (Å²) in [5.74, 6) is 0.599. The molecule has 0 aromatic rings. The maximum Gasteiger partial charge on any atom is 0.307 e. The standard InChI is InChI=1S/C17H31NO4/c1-21-14-6-12-18(13-11-17(20)22-2)16(19)10-9-15-7-4-3-5-8-15/h15H,3-14H2,1-2H3. The van der Waals surface area contributed by atoms with E-state index in [9.17, 15) is 9.59 Å². The highest BCUT2D eigenvalue weighted by Crippen LogP contribution is 2.27. The molecule has 5 heteroatoms. The second kappa shape index (κ2) is 11.5. The minimum atomic E-state index is -0.267. The first-order valence-electron chi connectivity index (χ1n) is 8.51. The molecule has 0 spiro atoms. The third-order valence-electron chi connectivity index (χ3n) is 4.43. The summed E-state index contributed by atoms with van der Waals surface area (Å²) in [6.45, 7) is 1.72. The summed E-state index contributed by atoms with van der Waals surface area (Å²) in [4.78, 5) is 25.5. The van der Waals surface area contributed by atoms with Crippen LogP contribution in [0.3, 0.4) is 0 Å². The van der Waals surface area contributed by atoms with Crippen LogP contribution in [0.25, 0.3) is 0 Å². The Morgan fingerprint density at radius 3 is 2.41 bits per heavy atom. The van der Waals surface area contributed by atoms with E-state index >= 15 is 0 Å². The van der Waals surface area contributed by atoms with Gasteiger partial charge in [0.1, 0.15) is 0 Å². The normalized spacial score (nSPS) is 15.5. The quantitative estimate of drug-likeness (QED) is 0.460. The number of ether oxygens (including phenoxy) is 2. The predicted octanol–water partition coefficient (Wildman–Crippen LogP) is 2.78. The molecule has 1 fully saturated rings. The highest BCUT2D eigenvalue weighted by Gasteiger charge is 2.18. The molecule has 0 aliphatic heterocycles. The molecule has 0 aromatic heterocycles. The van der Waals surface area contributed by atoms with Crippen LogP contribution in [0.1, 0.15) is 57.8 Å². The molecule has 0 aromatic carbocycles. The molecule has 1 saturated carbocycles. The van der Waals surface area contributed by atoms with Gasteiger partial charge in [-0.1, -0.05) is 32.1 Å². The van der Waals surface area contributed by atoms with Crippen LogP contribution in [0.15, 0.2) is 0 Å². The summed E-state index contributed by atoms with van der Waals surface area (Å²) in [5, 5.41) is 0. The van der Waals surface area contributed by atoms with Gasteiger partial charge >= 0.3 is 5.97 Å². The van der Waals surface area contributed by atoms with Crippen LogP contribution in [-0.2, 0) is 19.1 Å². The Kier molecular flexibility index (Phi) is 9.87. The van der Waals surface area contributed by atoms with E-state index in [0.29, 0.717) is 32.0 Å². The minimum Gasteiger partial charge on any atom is -0.469 e. The first-order chi connectivity index (χ1) is 10.7. The van der Waals surface area contributed by atoms with E-state index in [0.717, 1.165) is 12.8 Å². The van der Waals surface area contributed by atoms with Gasteiger partial charge < -0.3 is 14.4 Å². The molecule has 0 atom stereocenters. The lowest BCUT2D eigenvalue weighted by atomic mass is 9.86. The largest absolute Gasteiger partial charge is 0.469 e. The number of amides is 1. The number of nitrogens with zero attached hydrogens (tertiary/aromatic N) is 1. The molecule has 0 unspecified atom stereocenters. The lowest BCUT2D eigenvalue weighted by Crippen LogP contribution is -2.34. The van der Waals surface area contributed by atoms with Gasteiger partial charge in [-0.15, -0.1) is 0 Å². The first-order valence-corrected chi connectivity index (χ1v) is 8.51. The third-order valence-corrected chi connectivity index (χ3v) is 4.43. The van der Waals surface area contributed by atoms with Crippen molar-refractivity contribution in [3.05, 3.63) is 0 Å². The van der Waals surface area contributed by atoms with Crippen LogP contribution >= 0.6 is 0 Å². The summed E-state index contributed by atoms with van der Waals surface area (Å²) >= 11 is 0. The summed E-state index contributed by atoms with van der Waals surface area (Å²) in [5.41, 5.74) is 0. The van der Waals surface area contributed by atoms with E-state index in [2.05, 4.69) is 4.74 Å². The summed E-state index contributed by atoms with van der Waals surface area (Å²) in [6.07, 6.45) is 9.12. The zero-order chi connectivity index (χ0) is 16.2. The average Bonchev–Trinajstić information content (AvgIpc) is 2.56. The van der Waals surface area contributed by atoms with Crippen molar-refractivity contribution in [2.75, 3.05) is 33.9 Å². The van der Waals surface area contributed by atoms with Crippen molar-refractivity contribution in [1.29, 1.82) is 0 Å². The van der Waals surface area contributed by atoms with Crippen LogP contribution in [0, 0.1) is 5.92 Å². The van der Waals surface area contributed by atoms with Gasteiger partial charge in [-0.05, 0) is 18.8 Å².